The molecule has 0 aliphatic carbocycles. The normalized spacial score (nSPS) is 15.1. The van der Waals surface area contributed by atoms with Gasteiger partial charge >= 0.3 is 5.97 Å². The van der Waals surface area contributed by atoms with E-state index in [-0.39, 0.29) is 29.5 Å². The fraction of sp³-hybridized carbons (Fsp3) is 0.286. The molecule has 0 aromatic heterocycles. The molecule has 1 heterocycles. The summed E-state index contributed by atoms with van der Waals surface area (Å²) in [5, 5.41) is 12.0. The van der Waals surface area contributed by atoms with E-state index in [0.717, 1.165) is 0 Å². The Morgan fingerprint density at radius 1 is 0.872 bits per heavy atom. The first kappa shape index (κ1) is 34.2. The van der Waals surface area contributed by atoms with Gasteiger partial charge in [-0.3, -0.25) is 24.1 Å². The summed E-state index contributed by atoms with van der Waals surface area (Å²) < 4.78 is 16.5. The first-order valence-corrected chi connectivity index (χ1v) is 14.8. The van der Waals surface area contributed by atoms with E-state index in [2.05, 4.69) is 5.32 Å². The maximum absolute atomic E-state index is 14.3. The standard InChI is InChI=1S/C35H37N3O9/c1-21(2)30-34(42)37(20-29(39)36-25(31(40)35(43)44)16-22-12-8-6-9-13-22)26(19-38(30)33(41)23-14-10-7-11-15-23)24-17-27(45-3)32(47-5)28(18-24)46-4/h6-15,17-19,21,25,30H,16,20H2,1-5H3,(H,36,39)(H,43,44)/t25-,30?/m0/s1. The van der Waals surface area contributed by atoms with Crippen LogP contribution in [0.3, 0.4) is 0 Å². The van der Waals surface area contributed by atoms with Crippen molar-refractivity contribution in [1.29, 1.82) is 0 Å². The molecule has 12 nitrogen and oxygen atoms in total. The number of carbonyl (C=O) groups is 5. The van der Waals surface area contributed by atoms with Crippen molar-refractivity contribution < 1.29 is 43.3 Å². The van der Waals surface area contributed by atoms with Crippen LogP contribution in [0, 0.1) is 5.92 Å². The highest BCUT2D eigenvalue weighted by Crippen LogP contribution is 2.42. The number of aliphatic carboxylic acids is 1. The average molecular weight is 644 g/mol. The van der Waals surface area contributed by atoms with Crippen molar-refractivity contribution in [2.75, 3.05) is 27.9 Å². The fourth-order valence-electron chi connectivity index (χ4n) is 5.41. The molecule has 1 aliphatic heterocycles. The number of hydrogen-bond donors (Lipinski definition) is 2. The SMILES string of the molecule is COc1cc(C2=CN(C(=O)c3ccccc3)C(C(C)C)C(=O)N2CC(=O)N[C@@H](Cc2ccccc2)C(=O)C(=O)O)cc(OC)c1OC. The summed E-state index contributed by atoms with van der Waals surface area (Å²) in [7, 11) is 4.30. The molecule has 2 atom stereocenters. The van der Waals surface area contributed by atoms with E-state index in [1.165, 1.54) is 37.3 Å². The summed E-state index contributed by atoms with van der Waals surface area (Å²) in [6.45, 7) is 2.98. The Morgan fingerprint density at radius 3 is 1.96 bits per heavy atom. The smallest absolute Gasteiger partial charge is 0.374 e. The van der Waals surface area contributed by atoms with Crippen LogP contribution in [0.2, 0.25) is 0 Å². The van der Waals surface area contributed by atoms with E-state index in [0.29, 0.717) is 22.4 Å². The van der Waals surface area contributed by atoms with E-state index < -0.39 is 48.1 Å². The second kappa shape index (κ2) is 15.1. The maximum atomic E-state index is 14.3. The Bertz CT molecular complexity index is 1650. The average Bonchev–Trinajstić information content (AvgIpc) is 3.07. The number of hydrogen-bond acceptors (Lipinski definition) is 8. The minimum atomic E-state index is -1.70. The molecular formula is C35H37N3O9. The van der Waals surface area contributed by atoms with Crippen molar-refractivity contribution in [3.05, 3.63) is 95.7 Å². The van der Waals surface area contributed by atoms with Gasteiger partial charge < -0.3 is 29.5 Å². The van der Waals surface area contributed by atoms with E-state index in [1.807, 2.05) is 0 Å². The van der Waals surface area contributed by atoms with Gasteiger partial charge in [0, 0.05) is 23.7 Å². The van der Waals surface area contributed by atoms with Crippen molar-refractivity contribution >= 4 is 35.2 Å². The van der Waals surface area contributed by atoms with Crippen molar-refractivity contribution in [1.82, 2.24) is 15.1 Å². The van der Waals surface area contributed by atoms with Gasteiger partial charge in [-0.05, 0) is 35.7 Å². The number of Topliss-reactive ketones (excluding diaryl/α,β-unsaturated/α-hetero) is 1. The Hall–Kier alpha value is -5.65. The van der Waals surface area contributed by atoms with Crippen LogP contribution < -0.4 is 19.5 Å². The van der Waals surface area contributed by atoms with Crippen molar-refractivity contribution in [3.63, 3.8) is 0 Å². The lowest BCUT2D eigenvalue weighted by Gasteiger charge is -2.41. The topological polar surface area (TPSA) is 152 Å². The molecule has 0 saturated heterocycles. The number of carboxylic acids is 1. The van der Waals surface area contributed by atoms with Gasteiger partial charge in [0.25, 0.3) is 17.6 Å². The van der Waals surface area contributed by atoms with Crippen LogP contribution in [0.15, 0.2) is 79.0 Å². The van der Waals surface area contributed by atoms with Crippen molar-refractivity contribution in [3.8, 4) is 17.2 Å². The second-order valence-electron chi connectivity index (χ2n) is 11.1. The summed E-state index contributed by atoms with van der Waals surface area (Å²) >= 11 is 0. The van der Waals surface area contributed by atoms with Crippen molar-refractivity contribution in [2.24, 2.45) is 5.92 Å². The number of rotatable bonds is 13. The van der Waals surface area contributed by atoms with Gasteiger partial charge in [0.15, 0.2) is 11.5 Å². The summed E-state index contributed by atoms with van der Waals surface area (Å²) in [6, 6.07) is 17.9. The number of carboxylic acid groups (broad SMARTS) is 1. The number of benzene rings is 3. The Balaban J connectivity index is 1.81. The van der Waals surface area contributed by atoms with Gasteiger partial charge in [-0.15, -0.1) is 0 Å². The molecule has 0 bridgehead atoms. The zero-order valence-corrected chi connectivity index (χ0v) is 26.8. The molecule has 4 rings (SSSR count). The van der Waals surface area contributed by atoms with E-state index in [9.17, 15) is 29.1 Å². The predicted octanol–water partition coefficient (Wildman–Crippen LogP) is 3.40. The second-order valence-corrected chi connectivity index (χ2v) is 11.1. The lowest BCUT2D eigenvalue weighted by atomic mass is 9.95. The summed E-state index contributed by atoms with van der Waals surface area (Å²) in [4.78, 5) is 68.6. The zero-order chi connectivity index (χ0) is 34.2. The molecule has 3 amide bonds. The Kier molecular flexibility index (Phi) is 11.0. The molecule has 0 fully saturated rings. The highest BCUT2D eigenvalue weighted by atomic mass is 16.5. The van der Waals surface area contributed by atoms with Gasteiger partial charge in [0.1, 0.15) is 18.6 Å². The third-order valence-electron chi connectivity index (χ3n) is 7.66. The van der Waals surface area contributed by atoms with Gasteiger partial charge in [0.05, 0.1) is 27.0 Å². The number of carbonyl (C=O) groups excluding carboxylic acids is 4. The third kappa shape index (κ3) is 7.60. The fourth-order valence-corrected chi connectivity index (χ4v) is 5.41. The molecule has 12 heteroatoms. The first-order valence-electron chi connectivity index (χ1n) is 14.8. The van der Waals surface area contributed by atoms with E-state index in [4.69, 9.17) is 14.2 Å². The maximum Gasteiger partial charge on any atom is 0.374 e. The molecule has 3 aromatic carbocycles. The van der Waals surface area contributed by atoms with Crippen LogP contribution in [0.25, 0.3) is 5.70 Å². The van der Waals surface area contributed by atoms with Crippen LogP contribution >= 0.6 is 0 Å². The first-order chi connectivity index (χ1) is 22.5. The third-order valence-corrected chi connectivity index (χ3v) is 7.66. The number of nitrogens with zero attached hydrogens (tertiary/aromatic N) is 2. The molecule has 0 radical (unpaired) electrons. The van der Waals surface area contributed by atoms with Crippen LogP contribution in [0.1, 0.15) is 35.3 Å². The molecule has 0 saturated carbocycles. The largest absolute Gasteiger partial charge is 0.493 e. The van der Waals surface area contributed by atoms with Gasteiger partial charge in [-0.25, -0.2) is 4.79 Å². The lowest BCUT2D eigenvalue weighted by Crippen LogP contribution is -2.57. The summed E-state index contributed by atoms with van der Waals surface area (Å²) in [5.74, 6) is -4.23. The minimum Gasteiger partial charge on any atom is -0.493 e. The number of ether oxygens (including phenoxy) is 3. The van der Waals surface area contributed by atoms with Crippen molar-refractivity contribution in [2.45, 2.75) is 32.4 Å². The number of nitrogens with one attached hydrogen (secondary N) is 1. The number of amides is 3. The zero-order valence-electron chi connectivity index (χ0n) is 26.8. The molecule has 47 heavy (non-hydrogen) atoms. The molecular weight excluding hydrogens is 606 g/mol. The number of ketones is 1. The highest BCUT2D eigenvalue weighted by molar-refractivity contribution is 6.35. The molecule has 1 unspecified atom stereocenters. The number of methoxy groups -OCH3 is 3. The minimum absolute atomic E-state index is 0.0742. The Morgan fingerprint density at radius 2 is 1.45 bits per heavy atom. The molecule has 1 aliphatic rings. The van der Waals surface area contributed by atoms with Gasteiger partial charge in [-0.2, -0.15) is 0 Å². The monoisotopic (exact) mass is 643 g/mol. The molecule has 3 aromatic rings. The summed E-state index contributed by atoms with van der Waals surface area (Å²) in [6.07, 6.45) is 1.43. The van der Waals surface area contributed by atoms with E-state index in [1.54, 1.807) is 86.6 Å². The summed E-state index contributed by atoms with van der Waals surface area (Å²) in [5.41, 5.74) is 1.51. The molecule has 246 valence electrons. The van der Waals surface area contributed by atoms with Crippen LogP contribution in [-0.4, -0.2) is 84.3 Å². The Labute approximate surface area is 272 Å². The predicted molar refractivity (Wildman–Crippen MR) is 172 cm³/mol. The van der Waals surface area contributed by atoms with Gasteiger partial charge in [-0.1, -0.05) is 62.4 Å². The highest BCUT2D eigenvalue weighted by Gasteiger charge is 2.42. The van der Waals surface area contributed by atoms with Crippen LogP contribution in [0.4, 0.5) is 0 Å². The quantitative estimate of drug-likeness (QED) is 0.267. The van der Waals surface area contributed by atoms with Crippen LogP contribution in [0.5, 0.6) is 17.2 Å². The van der Waals surface area contributed by atoms with Gasteiger partial charge in [0.2, 0.25) is 11.7 Å². The lowest BCUT2D eigenvalue weighted by molar-refractivity contribution is -0.150. The molecule has 2 N–H and O–H groups in total. The molecule has 0 spiro atoms. The van der Waals surface area contributed by atoms with Crippen LogP contribution in [-0.2, 0) is 25.6 Å². The van der Waals surface area contributed by atoms with E-state index >= 15 is 0 Å².